The third-order valence-electron chi connectivity index (χ3n) is 6.91. The Morgan fingerprint density at radius 3 is 2.41 bits per heavy atom. The topological polar surface area (TPSA) is 108 Å². The first-order valence-corrected chi connectivity index (χ1v) is 13.7. The van der Waals surface area contributed by atoms with Gasteiger partial charge in [-0.15, -0.1) is 0 Å². The van der Waals surface area contributed by atoms with Crippen molar-refractivity contribution in [2.75, 3.05) is 30.8 Å². The molecule has 218 valence electrons. The Morgan fingerprint density at radius 2 is 1.78 bits per heavy atom. The molecule has 41 heavy (non-hydrogen) atoms. The van der Waals surface area contributed by atoms with Crippen molar-refractivity contribution in [3.63, 3.8) is 0 Å². The highest BCUT2D eigenvalue weighted by Crippen LogP contribution is 2.31. The van der Waals surface area contributed by atoms with Crippen LogP contribution in [0.3, 0.4) is 0 Å². The Labute approximate surface area is 244 Å². The van der Waals surface area contributed by atoms with Crippen LogP contribution in [0.25, 0.3) is 11.1 Å². The van der Waals surface area contributed by atoms with Crippen molar-refractivity contribution in [2.24, 2.45) is 5.41 Å². The number of nitrogens with zero attached hydrogens (tertiary/aromatic N) is 2. The first-order valence-electron chi connectivity index (χ1n) is 13.7. The smallest absolute Gasteiger partial charge is 0.230 e. The molecule has 2 aromatic carbocycles. The van der Waals surface area contributed by atoms with Crippen LogP contribution < -0.4 is 21.3 Å². The van der Waals surface area contributed by atoms with Gasteiger partial charge in [-0.3, -0.25) is 4.79 Å². The molecule has 1 aromatic heterocycles. The minimum absolute atomic E-state index is 0.0454. The maximum absolute atomic E-state index is 12.9. The summed E-state index contributed by atoms with van der Waals surface area (Å²) in [6, 6.07) is 16.3. The van der Waals surface area contributed by atoms with Crippen molar-refractivity contribution in [1.82, 2.24) is 20.6 Å². The van der Waals surface area contributed by atoms with E-state index >= 15 is 0 Å². The van der Waals surface area contributed by atoms with Gasteiger partial charge in [0.25, 0.3) is 0 Å². The van der Waals surface area contributed by atoms with Gasteiger partial charge in [-0.05, 0) is 89.0 Å². The summed E-state index contributed by atoms with van der Waals surface area (Å²) < 4.78 is 0. The van der Waals surface area contributed by atoms with Gasteiger partial charge in [-0.25, -0.2) is 4.98 Å². The molecule has 8 heteroatoms. The van der Waals surface area contributed by atoms with E-state index in [1.807, 2.05) is 90.2 Å². The van der Waals surface area contributed by atoms with Crippen LogP contribution in [0.15, 0.2) is 78.5 Å². The van der Waals surface area contributed by atoms with Crippen LogP contribution in [0, 0.1) is 12.3 Å². The zero-order chi connectivity index (χ0) is 30.4. The Morgan fingerprint density at radius 1 is 1.07 bits per heavy atom. The van der Waals surface area contributed by atoms with Crippen LogP contribution >= 0.6 is 0 Å². The molecule has 8 nitrogen and oxygen atoms in total. The molecular formula is C33H44N6O2. The highest BCUT2D eigenvalue weighted by atomic mass is 16.2. The highest BCUT2D eigenvalue weighted by Gasteiger charge is 2.31. The number of hydrogen-bond donors (Lipinski definition) is 4. The Kier molecular flexibility index (Phi) is 12.9. The van der Waals surface area contributed by atoms with E-state index in [4.69, 9.17) is 9.78 Å². The number of nitrogens with one attached hydrogen (secondary N) is 4. The van der Waals surface area contributed by atoms with E-state index in [-0.39, 0.29) is 5.91 Å². The predicted octanol–water partition coefficient (Wildman–Crippen LogP) is 6.20. The fraction of sp³-hybridized carbons (Fsp3) is 0.333. The molecule has 0 spiro atoms. The minimum Gasteiger partial charge on any atom is -0.369 e. The van der Waals surface area contributed by atoms with Gasteiger partial charge in [0.15, 0.2) is 0 Å². The van der Waals surface area contributed by atoms with Gasteiger partial charge in [0.1, 0.15) is 12.6 Å². The van der Waals surface area contributed by atoms with Gasteiger partial charge >= 0.3 is 0 Å². The van der Waals surface area contributed by atoms with E-state index in [1.165, 1.54) is 5.56 Å². The molecule has 4 N–H and O–H groups in total. The lowest BCUT2D eigenvalue weighted by molar-refractivity contribution is -0.127. The molecular weight excluding hydrogens is 512 g/mol. The number of rotatable bonds is 13. The van der Waals surface area contributed by atoms with Gasteiger partial charge in [-0.2, -0.15) is 4.98 Å². The van der Waals surface area contributed by atoms with Crippen LogP contribution in [-0.2, 0) is 16.1 Å². The average molecular weight is 557 g/mol. The van der Waals surface area contributed by atoms with E-state index in [0.29, 0.717) is 12.5 Å². The lowest BCUT2D eigenvalue weighted by atomic mass is 9.80. The summed E-state index contributed by atoms with van der Waals surface area (Å²) in [4.78, 5) is 30.3. The van der Waals surface area contributed by atoms with E-state index in [0.717, 1.165) is 58.9 Å². The van der Waals surface area contributed by atoms with Crippen molar-refractivity contribution in [1.29, 1.82) is 0 Å². The quantitative estimate of drug-likeness (QED) is 0.147. The number of aromatic nitrogens is 2. The second-order valence-corrected chi connectivity index (χ2v) is 10.3. The zero-order valence-electron chi connectivity index (χ0n) is 25.2. The van der Waals surface area contributed by atoms with Crippen molar-refractivity contribution >= 4 is 30.1 Å². The SMILES string of the molecule is C=C(/C(C)=C\C)C(C)(C)C(=O)NCc1ccc(-c2cnc(Nc3cccc(C)c3)nc2NCCCNC)cc1.C=O. The van der Waals surface area contributed by atoms with Crippen LogP contribution in [0.4, 0.5) is 17.5 Å². The number of hydrogen-bond acceptors (Lipinski definition) is 7. The summed E-state index contributed by atoms with van der Waals surface area (Å²) in [6.45, 7) is 18.1. The number of amides is 1. The van der Waals surface area contributed by atoms with Gasteiger partial charge in [0.2, 0.25) is 11.9 Å². The van der Waals surface area contributed by atoms with Gasteiger partial charge in [-0.1, -0.05) is 54.6 Å². The van der Waals surface area contributed by atoms with Crippen molar-refractivity contribution in [2.45, 2.75) is 47.6 Å². The molecule has 0 radical (unpaired) electrons. The maximum atomic E-state index is 12.9. The van der Waals surface area contributed by atoms with E-state index in [1.54, 1.807) is 0 Å². The van der Waals surface area contributed by atoms with Gasteiger partial charge in [0, 0.05) is 30.5 Å². The molecule has 0 atom stereocenters. The number of carbonyl (C=O) groups is 2. The lowest BCUT2D eigenvalue weighted by Crippen LogP contribution is -2.37. The number of carbonyl (C=O) groups excluding carboxylic acids is 2. The van der Waals surface area contributed by atoms with Crippen molar-refractivity contribution in [3.8, 4) is 11.1 Å². The Balaban J connectivity index is 0.00000287. The van der Waals surface area contributed by atoms with Crippen LogP contribution in [0.2, 0.25) is 0 Å². The summed E-state index contributed by atoms with van der Waals surface area (Å²) in [5, 5.41) is 13.0. The predicted molar refractivity (Wildman–Crippen MR) is 170 cm³/mol. The fourth-order valence-electron chi connectivity index (χ4n) is 4.12. The fourth-order valence-corrected chi connectivity index (χ4v) is 4.12. The number of aryl methyl sites for hydroxylation is 1. The molecule has 3 rings (SSSR count). The summed E-state index contributed by atoms with van der Waals surface area (Å²) in [7, 11) is 1.95. The third kappa shape index (κ3) is 9.39. The van der Waals surface area contributed by atoms with Crippen LogP contribution in [0.5, 0.6) is 0 Å². The largest absolute Gasteiger partial charge is 0.369 e. The summed E-state index contributed by atoms with van der Waals surface area (Å²) in [6.07, 6.45) is 4.80. The second-order valence-electron chi connectivity index (χ2n) is 10.3. The van der Waals surface area contributed by atoms with E-state index in [9.17, 15) is 4.79 Å². The Bertz CT molecular complexity index is 1330. The van der Waals surface area contributed by atoms with Gasteiger partial charge < -0.3 is 26.1 Å². The van der Waals surface area contributed by atoms with Gasteiger partial charge in [0.05, 0.1) is 5.41 Å². The zero-order valence-corrected chi connectivity index (χ0v) is 25.2. The first kappa shape index (κ1) is 32.9. The molecule has 0 saturated heterocycles. The minimum atomic E-state index is -0.685. The molecule has 1 amide bonds. The summed E-state index contributed by atoms with van der Waals surface area (Å²) in [5.41, 5.74) is 6.21. The molecule has 0 unspecified atom stereocenters. The molecule has 0 bridgehead atoms. The first-order chi connectivity index (χ1) is 19.6. The standard InChI is InChI=1S/C32H42N6O.CH2O/c1-8-23(3)24(4)32(5,6)30(39)35-20-25-13-15-26(16-14-25)28-21-36-31(37-27-12-9-11-22(2)19-27)38-29(28)34-18-10-17-33-7;1-2/h8-9,11-16,19,21,33H,4,10,17-18,20H2,1-3,5-7H3,(H,35,39)(H2,34,36,37,38);1H2/b23-8-;. The third-order valence-corrected chi connectivity index (χ3v) is 6.91. The van der Waals surface area contributed by atoms with Crippen LogP contribution in [0.1, 0.15) is 45.2 Å². The second kappa shape index (κ2) is 16.1. The monoisotopic (exact) mass is 556 g/mol. The number of allylic oxidation sites excluding steroid dienone is 2. The lowest BCUT2D eigenvalue weighted by Gasteiger charge is -2.27. The summed E-state index contributed by atoms with van der Waals surface area (Å²) >= 11 is 0. The normalized spacial score (nSPS) is 11.2. The molecule has 0 aliphatic rings. The Hall–Kier alpha value is -4.30. The van der Waals surface area contributed by atoms with Crippen LogP contribution in [-0.4, -0.2) is 42.8 Å². The molecule has 0 fully saturated rings. The average Bonchev–Trinajstić information content (AvgIpc) is 2.98. The molecule has 0 saturated carbocycles. The molecule has 1 heterocycles. The summed E-state index contributed by atoms with van der Waals surface area (Å²) in [5.74, 6) is 1.27. The van der Waals surface area contributed by atoms with E-state index in [2.05, 4.69) is 51.9 Å². The number of benzene rings is 2. The maximum Gasteiger partial charge on any atom is 0.230 e. The highest BCUT2D eigenvalue weighted by molar-refractivity contribution is 5.86. The van der Waals surface area contributed by atoms with Crippen molar-refractivity contribution in [3.05, 3.63) is 89.7 Å². The number of anilines is 3. The van der Waals surface area contributed by atoms with Crippen molar-refractivity contribution < 1.29 is 9.59 Å². The molecule has 0 aliphatic carbocycles. The molecule has 0 aliphatic heterocycles. The van der Waals surface area contributed by atoms with E-state index < -0.39 is 5.41 Å². The molecule has 3 aromatic rings.